The Balaban J connectivity index is 2.10. The maximum Gasteiger partial charge on any atom is 0.222 e. The van der Waals surface area contributed by atoms with E-state index in [-0.39, 0.29) is 17.2 Å². The Hall–Kier alpha value is -0.570. The van der Waals surface area contributed by atoms with Crippen molar-refractivity contribution in [1.82, 2.24) is 5.32 Å². The molecule has 1 aliphatic carbocycles. The summed E-state index contributed by atoms with van der Waals surface area (Å²) in [6.45, 7) is 4.09. The predicted octanol–water partition coefficient (Wildman–Crippen LogP) is 0.888. The van der Waals surface area contributed by atoms with Gasteiger partial charge in [0.25, 0.3) is 0 Å². The number of rotatable bonds is 1. The highest BCUT2D eigenvalue weighted by Crippen LogP contribution is 2.46. The molecule has 2 rings (SSSR count). The van der Waals surface area contributed by atoms with Crippen LogP contribution in [0.4, 0.5) is 0 Å². The highest BCUT2D eigenvalue weighted by molar-refractivity contribution is 5.78. The molecule has 80 valence electrons. The first-order valence-corrected chi connectivity index (χ1v) is 5.64. The van der Waals surface area contributed by atoms with E-state index in [4.69, 9.17) is 5.73 Å². The molecule has 3 heteroatoms. The van der Waals surface area contributed by atoms with Crippen LogP contribution in [0.15, 0.2) is 0 Å². The van der Waals surface area contributed by atoms with Gasteiger partial charge in [-0.2, -0.15) is 0 Å². The highest BCUT2D eigenvalue weighted by atomic mass is 16.1. The molecule has 1 spiro atoms. The minimum Gasteiger partial charge on any atom is -0.369 e. The predicted molar refractivity (Wildman–Crippen MR) is 55.6 cm³/mol. The Kier molecular flexibility index (Phi) is 2.52. The van der Waals surface area contributed by atoms with Gasteiger partial charge in [-0.05, 0) is 24.2 Å². The lowest BCUT2D eigenvalue weighted by atomic mass is 9.65. The molecule has 0 aromatic heterocycles. The smallest absolute Gasteiger partial charge is 0.222 e. The molecule has 0 aromatic rings. The summed E-state index contributed by atoms with van der Waals surface area (Å²) in [5, 5.41) is 3.33. The van der Waals surface area contributed by atoms with Gasteiger partial charge in [0.2, 0.25) is 5.91 Å². The van der Waals surface area contributed by atoms with E-state index < -0.39 is 0 Å². The molecule has 3 nitrogen and oxygen atoms in total. The number of hydrogen-bond acceptors (Lipinski definition) is 2. The van der Waals surface area contributed by atoms with Crippen molar-refractivity contribution in [3.8, 4) is 0 Å². The molecular formula is C11H20N2O. The number of amides is 1. The molecule has 0 radical (unpaired) electrons. The van der Waals surface area contributed by atoms with Crippen LogP contribution in [0.5, 0.6) is 0 Å². The van der Waals surface area contributed by atoms with E-state index in [1.165, 1.54) is 25.7 Å². The third-order valence-corrected chi connectivity index (χ3v) is 4.18. The summed E-state index contributed by atoms with van der Waals surface area (Å²) in [5.41, 5.74) is 5.67. The van der Waals surface area contributed by atoms with Crippen LogP contribution in [0, 0.1) is 17.3 Å². The summed E-state index contributed by atoms with van der Waals surface area (Å²) >= 11 is 0. The first kappa shape index (κ1) is 9.97. The van der Waals surface area contributed by atoms with Gasteiger partial charge in [-0.1, -0.05) is 19.8 Å². The molecule has 1 heterocycles. The topological polar surface area (TPSA) is 55.1 Å². The van der Waals surface area contributed by atoms with Gasteiger partial charge < -0.3 is 11.1 Å². The van der Waals surface area contributed by atoms with E-state index in [1.54, 1.807) is 0 Å². The van der Waals surface area contributed by atoms with Crippen LogP contribution in [-0.2, 0) is 4.79 Å². The zero-order chi connectivity index (χ0) is 10.2. The first-order chi connectivity index (χ1) is 6.64. The van der Waals surface area contributed by atoms with Crippen molar-refractivity contribution in [3.63, 3.8) is 0 Å². The summed E-state index contributed by atoms with van der Waals surface area (Å²) in [4.78, 5) is 11.3. The van der Waals surface area contributed by atoms with Crippen LogP contribution in [0.2, 0.25) is 0 Å². The number of primary amides is 1. The van der Waals surface area contributed by atoms with Crippen molar-refractivity contribution in [2.24, 2.45) is 23.0 Å². The van der Waals surface area contributed by atoms with Gasteiger partial charge in [-0.15, -0.1) is 0 Å². The number of nitrogens with two attached hydrogens (primary N) is 1. The van der Waals surface area contributed by atoms with Crippen molar-refractivity contribution < 1.29 is 4.79 Å². The van der Waals surface area contributed by atoms with E-state index in [0.29, 0.717) is 0 Å². The summed E-state index contributed by atoms with van der Waals surface area (Å²) in [5.74, 6) is 0.800. The zero-order valence-electron chi connectivity index (χ0n) is 8.88. The van der Waals surface area contributed by atoms with Gasteiger partial charge in [0.15, 0.2) is 0 Å². The molecule has 1 amide bonds. The standard InChI is InChI=1S/C11H20N2O/c1-8-2-4-11(5-3-8)7-13-6-9(11)10(12)14/h8-9,13H,2-7H2,1H3,(H2,12,14). The number of carbonyl (C=O) groups is 1. The van der Waals surface area contributed by atoms with Crippen LogP contribution in [-0.4, -0.2) is 19.0 Å². The van der Waals surface area contributed by atoms with Crippen molar-refractivity contribution in [3.05, 3.63) is 0 Å². The second-order valence-corrected chi connectivity index (χ2v) is 5.13. The van der Waals surface area contributed by atoms with Crippen molar-refractivity contribution >= 4 is 5.91 Å². The van der Waals surface area contributed by atoms with Crippen LogP contribution in [0.1, 0.15) is 32.6 Å². The lowest BCUT2D eigenvalue weighted by Gasteiger charge is -2.39. The van der Waals surface area contributed by atoms with Crippen molar-refractivity contribution in [2.45, 2.75) is 32.6 Å². The highest BCUT2D eigenvalue weighted by Gasteiger charge is 2.46. The molecule has 3 N–H and O–H groups in total. The van der Waals surface area contributed by atoms with Crippen molar-refractivity contribution in [1.29, 1.82) is 0 Å². The second kappa shape index (κ2) is 3.54. The third kappa shape index (κ3) is 1.54. The fourth-order valence-corrected chi connectivity index (χ4v) is 3.07. The maximum atomic E-state index is 11.3. The molecule has 1 unspecified atom stereocenters. The molecule has 1 aliphatic heterocycles. The Morgan fingerprint density at radius 2 is 2.07 bits per heavy atom. The SMILES string of the molecule is CC1CCC2(CC1)CNCC2C(N)=O. The number of nitrogens with one attached hydrogen (secondary N) is 1. The van der Waals surface area contributed by atoms with Crippen LogP contribution in [0.3, 0.4) is 0 Å². The third-order valence-electron chi connectivity index (χ3n) is 4.18. The van der Waals surface area contributed by atoms with Crippen LogP contribution >= 0.6 is 0 Å². The Morgan fingerprint density at radius 1 is 1.43 bits per heavy atom. The fourth-order valence-electron chi connectivity index (χ4n) is 3.07. The number of hydrogen-bond donors (Lipinski definition) is 2. The minimum atomic E-state index is -0.107. The molecule has 0 aromatic carbocycles. The maximum absolute atomic E-state index is 11.3. The van der Waals surface area contributed by atoms with Gasteiger partial charge in [-0.3, -0.25) is 4.79 Å². The van der Waals surface area contributed by atoms with Crippen LogP contribution in [0.25, 0.3) is 0 Å². The lowest BCUT2D eigenvalue weighted by molar-refractivity contribution is -0.125. The lowest BCUT2D eigenvalue weighted by Crippen LogP contribution is -2.41. The van der Waals surface area contributed by atoms with Gasteiger partial charge in [0.1, 0.15) is 0 Å². The minimum absolute atomic E-state index is 0.0787. The van der Waals surface area contributed by atoms with Gasteiger partial charge >= 0.3 is 0 Å². The Morgan fingerprint density at radius 3 is 2.64 bits per heavy atom. The van der Waals surface area contributed by atoms with Crippen LogP contribution < -0.4 is 11.1 Å². The zero-order valence-corrected chi connectivity index (χ0v) is 8.88. The Labute approximate surface area is 85.4 Å². The normalized spacial score (nSPS) is 42.9. The molecule has 14 heavy (non-hydrogen) atoms. The molecule has 0 bridgehead atoms. The fraction of sp³-hybridized carbons (Fsp3) is 0.909. The first-order valence-electron chi connectivity index (χ1n) is 5.64. The van der Waals surface area contributed by atoms with Crippen molar-refractivity contribution in [2.75, 3.05) is 13.1 Å². The average molecular weight is 196 g/mol. The van der Waals surface area contributed by atoms with Gasteiger partial charge in [0, 0.05) is 13.1 Å². The quantitative estimate of drug-likeness (QED) is 0.654. The van der Waals surface area contributed by atoms with E-state index in [1.807, 2.05) is 0 Å². The summed E-state index contributed by atoms with van der Waals surface area (Å²) in [7, 11) is 0. The second-order valence-electron chi connectivity index (χ2n) is 5.13. The largest absolute Gasteiger partial charge is 0.369 e. The monoisotopic (exact) mass is 196 g/mol. The average Bonchev–Trinajstić information content (AvgIpc) is 2.55. The van der Waals surface area contributed by atoms with E-state index in [2.05, 4.69) is 12.2 Å². The van der Waals surface area contributed by atoms with E-state index in [0.717, 1.165) is 19.0 Å². The van der Waals surface area contributed by atoms with E-state index >= 15 is 0 Å². The molecular weight excluding hydrogens is 176 g/mol. The van der Waals surface area contributed by atoms with Gasteiger partial charge in [-0.25, -0.2) is 0 Å². The van der Waals surface area contributed by atoms with Gasteiger partial charge in [0.05, 0.1) is 5.92 Å². The number of carbonyl (C=O) groups excluding carboxylic acids is 1. The summed E-state index contributed by atoms with van der Waals surface area (Å²) in [6.07, 6.45) is 4.86. The summed E-state index contributed by atoms with van der Waals surface area (Å²) in [6, 6.07) is 0. The Bertz CT molecular complexity index is 231. The molecule has 2 aliphatic rings. The molecule has 1 saturated carbocycles. The molecule has 2 fully saturated rings. The molecule has 1 saturated heterocycles. The van der Waals surface area contributed by atoms with E-state index in [9.17, 15) is 4.79 Å². The molecule has 1 atom stereocenters. The summed E-state index contributed by atoms with van der Waals surface area (Å²) < 4.78 is 0.